The van der Waals surface area contributed by atoms with E-state index in [-0.39, 0.29) is 12.6 Å². The molecule has 0 aromatic rings. The summed E-state index contributed by atoms with van der Waals surface area (Å²) in [5.74, 6) is 0. The third-order valence-corrected chi connectivity index (χ3v) is 0.312. The van der Waals surface area contributed by atoms with E-state index in [9.17, 15) is 0 Å². The molecular formula is C3H10NO+. The molecule has 0 saturated carbocycles. The van der Waals surface area contributed by atoms with Crippen LogP contribution in [0.4, 0.5) is 0 Å². The van der Waals surface area contributed by atoms with Crippen LogP contribution in [0, 0.1) is 0 Å². The van der Waals surface area contributed by atoms with Gasteiger partial charge in [0.1, 0.15) is 6.04 Å². The number of hydrogen-bond donors (Lipinski definition) is 2. The standard InChI is InChI=1S/C3H9NO/c1-3(4)2-5/h3,5H,2,4H2,1H3/p+1. The average molecular weight is 76.1 g/mol. The maximum atomic E-state index is 8.08. The zero-order valence-corrected chi connectivity index (χ0v) is 3.44. The van der Waals surface area contributed by atoms with E-state index in [1.165, 1.54) is 0 Å². The second-order valence-corrected chi connectivity index (χ2v) is 1.29. The summed E-state index contributed by atoms with van der Waals surface area (Å²) in [5.41, 5.74) is 3.51. The highest BCUT2D eigenvalue weighted by atomic mass is 16.3. The van der Waals surface area contributed by atoms with Gasteiger partial charge in [-0.15, -0.1) is 0 Å². The van der Waals surface area contributed by atoms with Crippen molar-refractivity contribution >= 4 is 0 Å². The van der Waals surface area contributed by atoms with E-state index in [4.69, 9.17) is 5.11 Å². The molecule has 0 aliphatic carbocycles. The summed E-state index contributed by atoms with van der Waals surface area (Å²) < 4.78 is 0. The zero-order chi connectivity index (χ0) is 4.28. The smallest absolute Gasteiger partial charge is 0.105 e. The van der Waals surface area contributed by atoms with Crippen molar-refractivity contribution in [1.29, 1.82) is 0 Å². The lowest BCUT2D eigenvalue weighted by Crippen LogP contribution is -2.60. The molecule has 0 aromatic carbocycles. The number of quaternary nitrogens is 1. The molecule has 0 spiro atoms. The molecule has 0 aliphatic rings. The van der Waals surface area contributed by atoms with E-state index in [0.29, 0.717) is 0 Å². The molecule has 0 saturated heterocycles. The molecule has 1 atom stereocenters. The topological polar surface area (TPSA) is 47.9 Å². The molecule has 1 unspecified atom stereocenters. The van der Waals surface area contributed by atoms with Crippen molar-refractivity contribution in [3.63, 3.8) is 0 Å². The minimum Gasteiger partial charge on any atom is -0.390 e. The highest BCUT2D eigenvalue weighted by Crippen LogP contribution is 1.58. The van der Waals surface area contributed by atoms with Crippen LogP contribution in [0.2, 0.25) is 0 Å². The third-order valence-electron chi connectivity index (χ3n) is 0.312. The lowest BCUT2D eigenvalue weighted by Gasteiger charge is -1.87. The maximum absolute atomic E-state index is 8.08. The van der Waals surface area contributed by atoms with Crippen LogP contribution in [0.5, 0.6) is 0 Å². The highest BCUT2D eigenvalue weighted by molar-refractivity contribution is 4.31. The largest absolute Gasteiger partial charge is 0.390 e. The van der Waals surface area contributed by atoms with Crippen LogP contribution in [0.1, 0.15) is 6.92 Å². The number of hydrogen-bond acceptors (Lipinski definition) is 1. The van der Waals surface area contributed by atoms with Crippen molar-refractivity contribution < 1.29 is 10.8 Å². The molecule has 2 heteroatoms. The summed E-state index contributed by atoms with van der Waals surface area (Å²) in [6.45, 7) is 2.06. The van der Waals surface area contributed by atoms with Crippen LogP contribution in [0.3, 0.4) is 0 Å². The van der Waals surface area contributed by atoms with Gasteiger partial charge in [0.15, 0.2) is 0 Å². The molecule has 0 bridgehead atoms. The fourth-order valence-electron chi connectivity index (χ4n) is 0. The van der Waals surface area contributed by atoms with Gasteiger partial charge < -0.3 is 10.8 Å². The van der Waals surface area contributed by atoms with Gasteiger partial charge in [-0.05, 0) is 6.92 Å². The number of rotatable bonds is 1. The fourth-order valence-corrected chi connectivity index (χ4v) is 0. The second kappa shape index (κ2) is 2.18. The number of aliphatic hydroxyl groups is 1. The van der Waals surface area contributed by atoms with Gasteiger partial charge in [-0.2, -0.15) is 0 Å². The van der Waals surface area contributed by atoms with Crippen LogP contribution >= 0.6 is 0 Å². The Bertz CT molecular complexity index is 20.9. The van der Waals surface area contributed by atoms with Gasteiger partial charge in [-0.25, -0.2) is 0 Å². The molecule has 0 heterocycles. The Balaban J connectivity index is 2.54. The van der Waals surface area contributed by atoms with Crippen molar-refractivity contribution in [3.8, 4) is 0 Å². The molecular weight excluding hydrogens is 66.0 g/mol. The first-order valence-electron chi connectivity index (χ1n) is 1.71. The van der Waals surface area contributed by atoms with Gasteiger partial charge in [-0.1, -0.05) is 0 Å². The predicted octanol–water partition coefficient (Wildman–Crippen LogP) is -1.39. The Morgan fingerprint density at radius 1 is 2.00 bits per heavy atom. The predicted molar refractivity (Wildman–Crippen MR) is 19.4 cm³/mol. The minimum absolute atomic E-state index is 0.190. The van der Waals surface area contributed by atoms with Gasteiger partial charge in [-0.3, -0.25) is 0 Å². The molecule has 4 N–H and O–H groups in total. The Hall–Kier alpha value is -0.0800. The van der Waals surface area contributed by atoms with Crippen molar-refractivity contribution in [2.75, 3.05) is 6.61 Å². The third kappa shape index (κ3) is 3.92. The molecule has 2 nitrogen and oxygen atoms in total. The normalized spacial score (nSPS) is 15.0. The van der Waals surface area contributed by atoms with Crippen molar-refractivity contribution in [1.82, 2.24) is 0 Å². The summed E-state index contributed by atoms with van der Waals surface area (Å²) in [6, 6.07) is 0.190. The molecule has 5 heavy (non-hydrogen) atoms. The molecule has 0 rings (SSSR count). The molecule has 0 radical (unpaired) electrons. The molecule has 0 amide bonds. The highest BCUT2D eigenvalue weighted by Gasteiger charge is 1.86. The average Bonchev–Trinajstić information content (AvgIpc) is 1.38. The monoisotopic (exact) mass is 76.1 g/mol. The van der Waals surface area contributed by atoms with Crippen LogP contribution in [0.25, 0.3) is 0 Å². The fraction of sp³-hybridized carbons (Fsp3) is 1.00. The summed E-state index contributed by atoms with van der Waals surface area (Å²) in [7, 11) is 0. The van der Waals surface area contributed by atoms with Gasteiger partial charge >= 0.3 is 0 Å². The Morgan fingerprint density at radius 2 is 2.20 bits per heavy atom. The van der Waals surface area contributed by atoms with E-state index in [2.05, 4.69) is 5.73 Å². The Morgan fingerprint density at radius 3 is 2.20 bits per heavy atom. The number of aliphatic hydroxyl groups excluding tert-OH is 1. The van der Waals surface area contributed by atoms with E-state index < -0.39 is 0 Å². The van der Waals surface area contributed by atoms with Crippen molar-refractivity contribution in [2.45, 2.75) is 13.0 Å². The van der Waals surface area contributed by atoms with Crippen LogP contribution < -0.4 is 5.73 Å². The van der Waals surface area contributed by atoms with Gasteiger partial charge in [0, 0.05) is 0 Å². The molecule has 32 valence electrons. The van der Waals surface area contributed by atoms with Crippen molar-refractivity contribution in [2.24, 2.45) is 0 Å². The van der Waals surface area contributed by atoms with Gasteiger partial charge in [0.05, 0.1) is 6.61 Å². The SMILES string of the molecule is CC([NH3+])CO. The van der Waals surface area contributed by atoms with Crippen LogP contribution in [-0.2, 0) is 0 Å². The Labute approximate surface area is 31.6 Å². The van der Waals surface area contributed by atoms with E-state index in [1.54, 1.807) is 0 Å². The van der Waals surface area contributed by atoms with E-state index >= 15 is 0 Å². The van der Waals surface area contributed by atoms with Crippen LogP contribution in [0.15, 0.2) is 0 Å². The molecule has 0 fully saturated rings. The van der Waals surface area contributed by atoms with E-state index in [0.717, 1.165) is 0 Å². The van der Waals surface area contributed by atoms with Crippen molar-refractivity contribution in [3.05, 3.63) is 0 Å². The van der Waals surface area contributed by atoms with Gasteiger partial charge in [0.2, 0.25) is 0 Å². The lowest BCUT2D eigenvalue weighted by molar-refractivity contribution is -0.419. The van der Waals surface area contributed by atoms with E-state index in [1.807, 2.05) is 6.92 Å². The molecule has 0 aromatic heterocycles. The summed E-state index contributed by atoms with van der Waals surface area (Å²) in [4.78, 5) is 0. The maximum Gasteiger partial charge on any atom is 0.105 e. The first kappa shape index (κ1) is 4.92. The lowest BCUT2D eigenvalue weighted by atomic mass is 10.4. The summed E-state index contributed by atoms with van der Waals surface area (Å²) in [5, 5.41) is 8.08. The zero-order valence-electron chi connectivity index (χ0n) is 3.44. The minimum atomic E-state index is 0.190. The summed E-state index contributed by atoms with van der Waals surface area (Å²) >= 11 is 0. The first-order valence-corrected chi connectivity index (χ1v) is 1.71. The quantitative estimate of drug-likeness (QED) is 0.397. The summed E-state index contributed by atoms with van der Waals surface area (Å²) in [6.07, 6.45) is 0. The van der Waals surface area contributed by atoms with Gasteiger partial charge in [0.25, 0.3) is 0 Å². The molecule has 0 aliphatic heterocycles. The Kier molecular flexibility index (Phi) is 2.14. The second-order valence-electron chi connectivity index (χ2n) is 1.29. The van der Waals surface area contributed by atoms with Crippen LogP contribution in [-0.4, -0.2) is 17.8 Å². The first-order chi connectivity index (χ1) is 2.27.